The predicted molar refractivity (Wildman–Crippen MR) is 117 cm³/mol. The highest BCUT2D eigenvalue weighted by Crippen LogP contribution is 2.37. The smallest absolute Gasteiger partial charge is 0.325 e. The SMILES string of the molecule is CCOC(=O)CNC(=O)NC(C(=O)Nc1nnc(-c2ccc3c(c2)OCO3)s1)C(C)CC. The Morgan fingerprint density at radius 1 is 1.19 bits per heavy atom. The molecule has 0 bridgehead atoms. The van der Waals surface area contributed by atoms with Crippen LogP contribution >= 0.6 is 11.3 Å². The summed E-state index contributed by atoms with van der Waals surface area (Å²) >= 11 is 1.19. The lowest BCUT2D eigenvalue weighted by molar-refractivity contribution is -0.141. The predicted octanol–water partition coefficient (Wildman–Crippen LogP) is 2.15. The Morgan fingerprint density at radius 3 is 2.72 bits per heavy atom. The molecule has 2 heterocycles. The minimum atomic E-state index is -0.833. The summed E-state index contributed by atoms with van der Waals surface area (Å²) in [5.74, 6) is 0.134. The molecule has 2 unspecified atom stereocenters. The molecule has 0 radical (unpaired) electrons. The topological polar surface area (TPSA) is 141 Å². The number of esters is 1. The molecule has 1 aliphatic heterocycles. The van der Waals surface area contributed by atoms with Gasteiger partial charge in [-0.3, -0.25) is 14.9 Å². The number of fused-ring (bicyclic) bond motifs is 1. The van der Waals surface area contributed by atoms with Crippen LogP contribution in [0, 0.1) is 5.92 Å². The third-order valence-electron chi connectivity index (χ3n) is 4.76. The van der Waals surface area contributed by atoms with Crippen molar-refractivity contribution in [2.75, 3.05) is 25.3 Å². The Balaban J connectivity index is 1.62. The van der Waals surface area contributed by atoms with E-state index in [1.54, 1.807) is 19.1 Å². The van der Waals surface area contributed by atoms with Gasteiger partial charge in [-0.05, 0) is 31.0 Å². The van der Waals surface area contributed by atoms with Crippen LogP contribution in [0.15, 0.2) is 18.2 Å². The van der Waals surface area contributed by atoms with Crippen LogP contribution in [0.2, 0.25) is 0 Å². The fourth-order valence-electron chi connectivity index (χ4n) is 2.86. The van der Waals surface area contributed by atoms with Crippen molar-refractivity contribution in [2.45, 2.75) is 33.2 Å². The van der Waals surface area contributed by atoms with E-state index in [1.165, 1.54) is 11.3 Å². The zero-order chi connectivity index (χ0) is 23.1. The van der Waals surface area contributed by atoms with Crippen molar-refractivity contribution in [3.63, 3.8) is 0 Å². The van der Waals surface area contributed by atoms with E-state index in [1.807, 2.05) is 19.9 Å². The maximum absolute atomic E-state index is 12.8. The van der Waals surface area contributed by atoms with E-state index in [9.17, 15) is 14.4 Å². The molecule has 3 rings (SSSR count). The molecule has 32 heavy (non-hydrogen) atoms. The van der Waals surface area contributed by atoms with Gasteiger partial charge in [-0.25, -0.2) is 4.79 Å². The first-order valence-corrected chi connectivity index (χ1v) is 11.0. The van der Waals surface area contributed by atoms with E-state index in [4.69, 9.17) is 14.2 Å². The molecule has 0 saturated heterocycles. The van der Waals surface area contributed by atoms with Crippen molar-refractivity contribution >= 4 is 34.4 Å². The highest BCUT2D eigenvalue weighted by atomic mass is 32.1. The molecule has 3 amide bonds. The molecule has 12 heteroatoms. The van der Waals surface area contributed by atoms with Gasteiger partial charge in [0.05, 0.1) is 6.61 Å². The lowest BCUT2D eigenvalue weighted by atomic mass is 9.98. The molecule has 1 aromatic carbocycles. The van der Waals surface area contributed by atoms with Gasteiger partial charge in [-0.2, -0.15) is 0 Å². The van der Waals surface area contributed by atoms with Crippen molar-refractivity contribution in [2.24, 2.45) is 5.92 Å². The van der Waals surface area contributed by atoms with Crippen LogP contribution in [0.1, 0.15) is 27.2 Å². The Kier molecular flexibility index (Phi) is 7.82. The van der Waals surface area contributed by atoms with Gasteiger partial charge >= 0.3 is 12.0 Å². The minimum Gasteiger partial charge on any atom is -0.465 e. The van der Waals surface area contributed by atoms with E-state index in [0.29, 0.717) is 28.1 Å². The first kappa shape index (κ1) is 23.3. The number of ether oxygens (including phenoxy) is 3. The number of carbonyl (C=O) groups excluding carboxylic acids is 3. The summed E-state index contributed by atoms with van der Waals surface area (Å²) in [6, 6.07) is 3.94. The van der Waals surface area contributed by atoms with Gasteiger partial charge < -0.3 is 24.8 Å². The molecule has 0 saturated carbocycles. The largest absolute Gasteiger partial charge is 0.465 e. The van der Waals surface area contributed by atoms with Crippen LogP contribution in [-0.4, -0.2) is 54.1 Å². The van der Waals surface area contributed by atoms with Gasteiger partial charge in [-0.1, -0.05) is 31.6 Å². The number of anilines is 1. The molecule has 2 atom stereocenters. The molecule has 0 spiro atoms. The molecule has 3 N–H and O–H groups in total. The molecule has 1 aromatic heterocycles. The molecule has 2 aromatic rings. The van der Waals surface area contributed by atoms with Gasteiger partial charge in [0.2, 0.25) is 17.8 Å². The lowest BCUT2D eigenvalue weighted by Gasteiger charge is -2.23. The lowest BCUT2D eigenvalue weighted by Crippen LogP contribution is -2.51. The summed E-state index contributed by atoms with van der Waals surface area (Å²) in [6.45, 7) is 5.53. The molecule has 0 fully saturated rings. The molecule has 172 valence electrons. The van der Waals surface area contributed by atoms with Gasteiger partial charge in [0, 0.05) is 5.56 Å². The fraction of sp³-hybridized carbons (Fsp3) is 0.450. The van der Waals surface area contributed by atoms with Crippen LogP contribution in [0.3, 0.4) is 0 Å². The number of rotatable bonds is 9. The van der Waals surface area contributed by atoms with Gasteiger partial charge in [-0.15, -0.1) is 10.2 Å². The minimum absolute atomic E-state index is 0.162. The van der Waals surface area contributed by atoms with Gasteiger partial charge in [0.25, 0.3) is 0 Å². The molecule has 1 aliphatic rings. The Labute approximate surface area is 188 Å². The maximum Gasteiger partial charge on any atom is 0.325 e. The zero-order valence-electron chi connectivity index (χ0n) is 18.0. The number of aromatic nitrogens is 2. The summed E-state index contributed by atoms with van der Waals surface area (Å²) in [5, 5.41) is 16.7. The quantitative estimate of drug-likeness (QED) is 0.481. The number of hydrogen-bond donors (Lipinski definition) is 3. The molecular formula is C20H25N5O6S. The van der Waals surface area contributed by atoms with Crippen LogP contribution < -0.4 is 25.4 Å². The first-order valence-electron chi connectivity index (χ1n) is 10.2. The average molecular weight is 464 g/mol. The maximum atomic E-state index is 12.8. The second-order valence-corrected chi connectivity index (χ2v) is 7.94. The Bertz CT molecular complexity index is 981. The van der Waals surface area contributed by atoms with Crippen molar-refractivity contribution < 1.29 is 28.6 Å². The van der Waals surface area contributed by atoms with Gasteiger partial charge in [0.1, 0.15) is 17.6 Å². The average Bonchev–Trinajstić information content (AvgIpc) is 3.44. The summed E-state index contributed by atoms with van der Waals surface area (Å²) in [4.78, 5) is 36.4. The van der Waals surface area contributed by atoms with E-state index in [2.05, 4.69) is 26.1 Å². The number of carbonyl (C=O) groups is 3. The van der Waals surface area contributed by atoms with E-state index in [0.717, 1.165) is 5.56 Å². The van der Waals surface area contributed by atoms with Crippen LogP contribution in [-0.2, 0) is 14.3 Å². The monoisotopic (exact) mass is 463 g/mol. The summed E-state index contributed by atoms with van der Waals surface area (Å²) in [5.41, 5.74) is 0.780. The number of amides is 3. The third-order valence-corrected chi connectivity index (χ3v) is 5.64. The van der Waals surface area contributed by atoms with Crippen LogP contribution in [0.5, 0.6) is 11.5 Å². The number of hydrogen-bond acceptors (Lipinski definition) is 9. The van der Waals surface area contributed by atoms with Crippen LogP contribution in [0.25, 0.3) is 10.6 Å². The number of benzene rings is 1. The molecule has 11 nitrogen and oxygen atoms in total. The normalized spacial score (nSPS) is 13.7. The summed E-state index contributed by atoms with van der Waals surface area (Å²) in [6.07, 6.45) is 0.648. The zero-order valence-corrected chi connectivity index (χ0v) is 18.8. The van der Waals surface area contributed by atoms with Crippen molar-refractivity contribution in [1.82, 2.24) is 20.8 Å². The van der Waals surface area contributed by atoms with E-state index in [-0.39, 0.29) is 25.9 Å². The van der Waals surface area contributed by atoms with E-state index >= 15 is 0 Å². The first-order chi connectivity index (χ1) is 15.4. The second kappa shape index (κ2) is 10.8. The van der Waals surface area contributed by atoms with Crippen molar-refractivity contribution in [1.29, 1.82) is 0 Å². The number of urea groups is 1. The highest BCUT2D eigenvalue weighted by Gasteiger charge is 2.27. The van der Waals surface area contributed by atoms with Crippen molar-refractivity contribution in [3.05, 3.63) is 18.2 Å². The number of nitrogens with one attached hydrogen (secondary N) is 3. The summed E-state index contributed by atoms with van der Waals surface area (Å²) in [7, 11) is 0. The standard InChI is InChI=1S/C20H25N5O6S/c1-4-11(3)16(22-19(28)21-9-15(26)29-5-2)17(27)23-20-25-24-18(32-20)12-6-7-13-14(8-12)31-10-30-13/h6-8,11,16H,4-5,9-10H2,1-3H3,(H2,21,22,28)(H,23,25,27). The second-order valence-electron chi connectivity index (χ2n) is 6.96. The van der Waals surface area contributed by atoms with E-state index < -0.39 is 23.9 Å². The van der Waals surface area contributed by atoms with Gasteiger partial charge in [0.15, 0.2) is 11.5 Å². The molecule has 0 aliphatic carbocycles. The number of nitrogens with zero attached hydrogens (tertiary/aromatic N) is 2. The summed E-state index contributed by atoms with van der Waals surface area (Å²) < 4.78 is 15.4. The Hall–Kier alpha value is -3.41. The third kappa shape index (κ3) is 5.84. The Morgan fingerprint density at radius 2 is 1.97 bits per heavy atom. The van der Waals surface area contributed by atoms with Crippen LogP contribution in [0.4, 0.5) is 9.93 Å². The van der Waals surface area contributed by atoms with Crippen molar-refractivity contribution in [3.8, 4) is 22.1 Å². The fourth-order valence-corrected chi connectivity index (χ4v) is 3.60. The highest BCUT2D eigenvalue weighted by molar-refractivity contribution is 7.18. The molecular weight excluding hydrogens is 438 g/mol.